The summed E-state index contributed by atoms with van der Waals surface area (Å²) in [5, 5.41) is 11.4. The molecule has 1 amide bonds. The summed E-state index contributed by atoms with van der Waals surface area (Å²) < 4.78 is 5.77. The Kier molecular flexibility index (Phi) is 12.9. The Labute approximate surface area is 173 Å². The summed E-state index contributed by atoms with van der Waals surface area (Å²) >= 11 is 0. The molecule has 4 N–H and O–H groups in total. The standard InChI is InChI=1S/C11H21NO3.C11H25NO/c1-10(2,5-9(14)15)6-11(3,4)7-12-8-13;1-6-7-11(4,5)13-9-8-10(2,3)12/h8H,5-7H2,1-4H3,(H,12,13)(H,14,15);6-9,12H2,1-5H3. The molecule has 28 heavy (non-hydrogen) atoms. The number of rotatable bonds is 13. The first-order valence-corrected chi connectivity index (χ1v) is 10.3. The molecule has 0 aliphatic rings. The number of carbonyl (C=O) groups is 2. The number of amides is 1. The quantitative estimate of drug-likeness (QED) is 0.397. The van der Waals surface area contributed by atoms with E-state index < -0.39 is 5.97 Å². The fourth-order valence-electron chi connectivity index (χ4n) is 3.41. The smallest absolute Gasteiger partial charge is 0.303 e. The lowest BCUT2D eigenvalue weighted by Gasteiger charge is -2.33. The van der Waals surface area contributed by atoms with Crippen molar-refractivity contribution in [1.82, 2.24) is 5.32 Å². The second-order valence-electron chi connectivity index (χ2n) is 10.7. The Balaban J connectivity index is 0. The number of carboxylic acids is 1. The van der Waals surface area contributed by atoms with Crippen LogP contribution in [0.15, 0.2) is 0 Å². The van der Waals surface area contributed by atoms with E-state index in [4.69, 9.17) is 15.6 Å². The first-order chi connectivity index (χ1) is 12.5. The number of carbonyl (C=O) groups excluding carboxylic acids is 1. The SMILES string of the molecule is CC(C)(CNC=O)CC(C)(C)CC(=O)O.CCCC(C)(C)OCCC(C)(C)N. The second-order valence-corrected chi connectivity index (χ2v) is 10.7. The van der Waals surface area contributed by atoms with Gasteiger partial charge in [0, 0.05) is 18.7 Å². The molecule has 0 heterocycles. The van der Waals surface area contributed by atoms with Crippen LogP contribution in [-0.4, -0.2) is 41.8 Å². The third-order valence-electron chi connectivity index (χ3n) is 4.34. The van der Waals surface area contributed by atoms with Gasteiger partial charge in [-0.15, -0.1) is 0 Å². The van der Waals surface area contributed by atoms with Crippen LogP contribution >= 0.6 is 0 Å². The number of hydrogen-bond donors (Lipinski definition) is 3. The number of carboxylic acid groups (broad SMARTS) is 1. The maximum Gasteiger partial charge on any atom is 0.303 e. The first-order valence-electron chi connectivity index (χ1n) is 10.3. The van der Waals surface area contributed by atoms with Crippen molar-refractivity contribution in [1.29, 1.82) is 0 Å². The van der Waals surface area contributed by atoms with E-state index in [1.54, 1.807) is 0 Å². The maximum atomic E-state index is 10.6. The number of hydrogen-bond acceptors (Lipinski definition) is 4. The van der Waals surface area contributed by atoms with Crippen LogP contribution in [0.4, 0.5) is 0 Å². The lowest BCUT2D eigenvalue weighted by molar-refractivity contribution is -0.139. The molecule has 6 nitrogen and oxygen atoms in total. The van der Waals surface area contributed by atoms with Crippen molar-refractivity contribution in [2.45, 2.75) is 106 Å². The van der Waals surface area contributed by atoms with E-state index in [9.17, 15) is 9.59 Å². The van der Waals surface area contributed by atoms with Gasteiger partial charge in [-0.3, -0.25) is 9.59 Å². The number of nitrogens with two attached hydrogens (primary N) is 1. The van der Waals surface area contributed by atoms with Crippen molar-refractivity contribution < 1.29 is 19.4 Å². The van der Waals surface area contributed by atoms with Gasteiger partial charge in [-0.2, -0.15) is 0 Å². The Morgan fingerprint density at radius 1 is 1.04 bits per heavy atom. The summed E-state index contributed by atoms with van der Waals surface area (Å²) in [6.07, 6.45) is 4.77. The number of aliphatic carboxylic acids is 1. The van der Waals surface area contributed by atoms with E-state index in [1.807, 2.05) is 41.5 Å². The number of ether oxygens (including phenoxy) is 1. The van der Waals surface area contributed by atoms with E-state index in [0.717, 1.165) is 25.9 Å². The van der Waals surface area contributed by atoms with Gasteiger partial charge in [0.2, 0.25) is 6.41 Å². The largest absolute Gasteiger partial charge is 0.481 e. The van der Waals surface area contributed by atoms with Crippen LogP contribution in [-0.2, 0) is 14.3 Å². The predicted octanol–water partition coefficient (Wildman–Crippen LogP) is 4.36. The molecule has 0 unspecified atom stereocenters. The summed E-state index contributed by atoms with van der Waals surface area (Å²) in [5.74, 6) is -0.779. The zero-order valence-electron chi connectivity index (χ0n) is 19.8. The third kappa shape index (κ3) is 19.6. The van der Waals surface area contributed by atoms with Crippen LogP contribution in [0.3, 0.4) is 0 Å². The topological polar surface area (TPSA) is 102 Å². The summed E-state index contributed by atoms with van der Waals surface area (Å²) in [6.45, 7) is 19.8. The van der Waals surface area contributed by atoms with Crippen molar-refractivity contribution in [3.8, 4) is 0 Å². The minimum absolute atomic E-state index is 0.0139. The summed E-state index contributed by atoms with van der Waals surface area (Å²) in [6, 6.07) is 0. The first kappa shape index (κ1) is 29.1. The van der Waals surface area contributed by atoms with E-state index in [2.05, 4.69) is 26.1 Å². The summed E-state index contributed by atoms with van der Waals surface area (Å²) in [5.41, 5.74) is 5.43. The molecule has 0 spiro atoms. The molecule has 0 rings (SSSR count). The van der Waals surface area contributed by atoms with Gasteiger partial charge in [0.25, 0.3) is 0 Å². The van der Waals surface area contributed by atoms with E-state index in [1.165, 1.54) is 6.42 Å². The van der Waals surface area contributed by atoms with Crippen LogP contribution in [0.1, 0.15) is 94.4 Å². The molecule has 0 fully saturated rings. The van der Waals surface area contributed by atoms with E-state index in [0.29, 0.717) is 13.0 Å². The van der Waals surface area contributed by atoms with E-state index in [-0.39, 0.29) is 28.4 Å². The zero-order valence-corrected chi connectivity index (χ0v) is 19.8. The van der Waals surface area contributed by atoms with Gasteiger partial charge in [-0.1, -0.05) is 41.0 Å². The summed E-state index contributed by atoms with van der Waals surface area (Å²) in [4.78, 5) is 20.8. The predicted molar refractivity (Wildman–Crippen MR) is 116 cm³/mol. The normalized spacial score (nSPS) is 12.8. The van der Waals surface area contributed by atoms with Crippen molar-refractivity contribution in [3.63, 3.8) is 0 Å². The zero-order chi connectivity index (χ0) is 22.6. The fourth-order valence-corrected chi connectivity index (χ4v) is 3.41. The Morgan fingerprint density at radius 3 is 1.96 bits per heavy atom. The molecule has 0 aliphatic heterocycles. The van der Waals surface area contributed by atoms with Crippen LogP contribution in [0.5, 0.6) is 0 Å². The summed E-state index contributed by atoms with van der Waals surface area (Å²) in [7, 11) is 0. The molecule has 6 heteroatoms. The fraction of sp³-hybridized carbons (Fsp3) is 0.909. The van der Waals surface area contributed by atoms with Gasteiger partial charge in [0.1, 0.15) is 0 Å². The third-order valence-corrected chi connectivity index (χ3v) is 4.34. The Bertz CT molecular complexity index is 452. The molecule has 0 atom stereocenters. The minimum Gasteiger partial charge on any atom is -0.481 e. The van der Waals surface area contributed by atoms with Gasteiger partial charge in [-0.25, -0.2) is 0 Å². The number of nitrogens with one attached hydrogen (secondary N) is 1. The molecular weight excluding hydrogens is 356 g/mol. The Hall–Kier alpha value is -1.14. The molecule has 0 aromatic carbocycles. The average Bonchev–Trinajstić information content (AvgIpc) is 2.41. The molecule has 0 bridgehead atoms. The molecule has 168 valence electrons. The Morgan fingerprint density at radius 2 is 1.57 bits per heavy atom. The van der Waals surface area contributed by atoms with Crippen LogP contribution < -0.4 is 11.1 Å². The van der Waals surface area contributed by atoms with Gasteiger partial charge in [0.05, 0.1) is 12.0 Å². The minimum atomic E-state index is -0.779. The highest BCUT2D eigenvalue weighted by Gasteiger charge is 2.30. The molecule has 0 aromatic heterocycles. The maximum absolute atomic E-state index is 10.6. The van der Waals surface area contributed by atoms with Crippen molar-refractivity contribution in [2.75, 3.05) is 13.2 Å². The molecular formula is C22H46N2O4. The monoisotopic (exact) mass is 402 g/mol. The van der Waals surface area contributed by atoms with Crippen molar-refractivity contribution in [3.05, 3.63) is 0 Å². The van der Waals surface area contributed by atoms with Crippen molar-refractivity contribution >= 4 is 12.4 Å². The molecule has 0 aromatic rings. The molecule has 0 radical (unpaired) electrons. The second kappa shape index (κ2) is 12.4. The van der Waals surface area contributed by atoms with Crippen LogP contribution in [0.2, 0.25) is 0 Å². The lowest BCUT2D eigenvalue weighted by Crippen LogP contribution is -2.35. The highest BCUT2D eigenvalue weighted by Crippen LogP contribution is 2.35. The van der Waals surface area contributed by atoms with E-state index >= 15 is 0 Å². The molecule has 0 saturated carbocycles. The molecule has 0 saturated heterocycles. The van der Waals surface area contributed by atoms with Gasteiger partial charge in [0.15, 0.2) is 0 Å². The highest BCUT2D eigenvalue weighted by molar-refractivity contribution is 5.67. The van der Waals surface area contributed by atoms with Crippen LogP contribution in [0.25, 0.3) is 0 Å². The van der Waals surface area contributed by atoms with Gasteiger partial charge >= 0.3 is 5.97 Å². The lowest BCUT2D eigenvalue weighted by atomic mass is 9.73. The van der Waals surface area contributed by atoms with Gasteiger partial charge < -0.3 is 20.9 Å². The molecule has 0 aliphatic carbocycles. The van der Waals surface area contributed by atoms with Gasteiger partial charge in [-0.05, 0) is 57.8 Å². The van der Waals surface area contributed by atoms with Crippen molar-refractivity contribution in [2.24, 2.45) is 16.6 Å². The average molecular weight is 403 g/mol. The van der Waals surface area contributed by atoms with Crippen LogP contribution in [0, 0.1) is 10.8 Å². The highest BCUT2D eigenvalue weighted by atomic mass is 16.5.